The van der Waals surface area contributed by atoms with Gasteiger partial charge in [-0.3, -0.25) is 19.1 Å². The second kappa shape index (κ2) is 10.7. The Bertz CT molecular complexity index is 487. The first-order valence-electron chi connectivity index (χ1n) is 4.84. The molecule has 0 unspecified atom stereocenters. The van der Waals surface area contributed by atoms with Gasteiger partial charge in [0, 0.05) is 14.1 Å². The topological polar surface area (TPSA) is 200 Å². The van der Waals surface area contributed by atoms with Crippen molar-refractivity contribution in [3.63, 3.8) is 0 Å². The maximum absolute atomic E-state index is 8.74. The first-order valence-corrected chi connectivity index (χ1v) is 6.23. The van der Waals surface area contributed by atoms with E-state index in [9.17, 15) is 0 Å². The van der Waals surface area contributed by atoms with Crippen LogP contribution in [0.2, 0.25) is 0 Å². The van der Waals surface area contributed by atoms with E-state index in [1.54, 1.807) is 21.0 Å². The summed E-state index contributed by atoms with van der Waals surface area (Å²) in [6.45, 7) is 1.74. The van der Waals surface area contributed by atoms with Crippen LogP contribution >= 0.6 is 0 Å². The van der Waals surface area contributed by atoms with E-state index in [1.807, 2.05) is 0 Å². The van der Waals surface area contributed by atoms with Crippen LogP contribution < -0.4 is 22.3 Å². The van der Waals surface area contributed by atoms with Crippen LogP contribution in [-0.2, 0) is 10.4 Å². The molecular weight excluding hydrogens is 292 g/mol. The smallest absolute Gasteiger partial charge is 0.369 e. The fraction of sp³-hybridized carbons (Fsp3) is 0.429. The highest BCUT2D eigenvalue weighted by Gasteiger charge is 1.87. The van der Waals surface area contributed by atoms with Crippen molar-refractivity contribution in [3.05, 3.63) is 0 Å². The molecule has 20 heavy (non-hydrogen) atoms. The Labute approximate surface area is 116 Å². The van der Waals surface area contributed by atoms with E-state index < -0.39 is 10.4 Å². The quantitative estimate of drug-likeness (QED) is 0.145. The molecule has 0 atom stereocenters. The van der Waals surface area contributed by atoms with E-state index >= 15 is 0 Å². The number of hydrazone groups is 2. The molecule has 0 aliphatic rings. The number of hydrogen-bond acceptors (Lipinski definition) is 6. The van der Waals surface area contributed by atoms with E-state index in [0.29, 0.717) is 5.71 Å². The van der Waals surface area contributed by atoms with E-state index in [2.05, 4.69) is 31.0 Å². The molecule has 0 rings (SSSR count). The van der Waals surface area contributed by atoms with Gasteiger partial charge in [-0.2, -0.15) is 18.6 Å². The third-order valence-electron chi connectivity index (χ3n) is 1.26. The van der Waals surface area contributed by atoms with E-state index in [0.717, 1.165) is 0 Å². The van der Waals surface area contributed by atoms with E-state index in [4.69, 9.17) is 29.0 Å². The van der Waals surface area contributed by atoms with Gasteiger partial charge in [-0.1, -0.05) is 0 Å². The first kappa shape index (κ1) is 20.1. The molecule has 0 saturated carbocycles. The molecule has 0 fully saturated rings. The summed E-state index contributed by atoms with van der Waals surface area (Å²) in [4.78, 5) is 7.31. The van der Waals surface area contributed by atoms with Crippen LogP contribution in [0.25, 0.3) is 0 Å². The minimum atomic E-state index is -4.67. The molecule has 13 heteroatoms. The predicted octanol–water partition coefficient (Wildman–Crippen LogP) is -2.24. The molecule has 0 aromatic heterocycles. The lowest BCUT2D eigenvalue weighted by Gasteiger charge is -1.98. The Hall–Kier alpha value is -2.25. The highest BCUT2D eigenvalue weighted by atomic mass is 32.3. The van der Waals surface area contributed by atoms with Crippen molar-refractivity contribution in [1.29, 1.82) is 0 Å². The fourth-order valence-corrected chi connectivity index (χ4v) is 0.466. The average Bonchev–Trinajstić information content (AvgIpc) is 2.33. The number of nitrogens with zero attached hydrogens (tertiary/aromatic N) is 4. The summed E-state index contributed by atoms with van der Waals surface area (Å²) in [7, 11) is -1.56. The first-order chi connectivity index (χ1) is 9.10. The lowest BCUT2D eigenvalue weighted by Crippen LogP contribution is -2.29. The summed E-state index contributed by atoms with van der Waals surface area (Å²) in [5, 5.41) is 7.62. The summed E-state index contributed by atoms with van der Waals surface area (Å²) in [6.07, 6.45) is 1.47. The Balaban J connectivity index is 0. The van der Waals surface area contributed by atoms with Gasteiger partial charge in [-0.05, 0) is 6.92 Å². The van der Waals surface area contributed by atoms with Crippen molar-refractivity contribution < 1.29 is 17.5 Å². The number of nitrogens with two attached hydrogens (primary N) is 2. The molecule has 0 aromatic carbocycles. The van der Waals surface area contributed by atoms with Gasteiger partial charge in [-0.25, -0.2) is 10.9 Å². The molecule has 0 heterocycles. The van der Waals surface area contributed by atoms with Crippen molar-refractivity contribution in [2.24, 2.45) is 31.7 Å². The predicted molar refractivity (Wildman–Crippen MR) is 77.1 cm³/mol. The zero-order valence-electron chi connectivity index (χ0n) is 11.1. The Morgan fingerprint density at radius 2 is 1.50 bits per heavy atom. The second-order valence-corrected chi connectivity index (χ2v) is 3.80. The van der Waals surface area contributed by atoms with Crippen LogP contribution in [0.4, 0.5) is 0 Å². The monoisotopic (exact) mass is 310 g/mol. The standard InChI is InChI=1S/C7H16N8.H2O4S/c1-5(13-15-7(9)11-3)4-12-14-6(8)10-2;1-5(2,3)4/h4H,1-3H3,(H3,8,10,14)(H3,9,11,15);(H2,1,2,3,4)/b12-4+,13-5+;. The van der Waals surface area contributed by atoms with Crippen molar-refractivity contribution in [3.8, 4) is 0 Å². The van der Waals surface area contributed by atoms with Crippen LogP contribution in [0.1, 0.15) is 6.92 Å². The average molecular weight is 310 g/mol. The fourth-order valence-electron chi connectivity index (χ4n) is 0.466. The van der Waals surface area contributed by atoms with Crippen LogP contribution in [-0.4, -0.2) is 55.5 Å². The normalized spacial score (nSPS) is 13.8. The molecule has 0 aliphatic heterocycles. The highest BCUT2D eigenvalue weighted by molar-refractivity contribution is 7.79. The Kier molecular flexibility index (Phi) is 10.7. The molecule has 0 aromatic rings. The number of nitrogens with one attached hydrogen (secondary N) is 2. The minimum Gasteiger partial charge on any atom is -0.369 e. The third kappa shape index (κ3) is 21.1. The highest BCUT2D eigenvalue weighted by Crippen LogP contribution is 1.70. The molecule has 8 N–H and O–H groups in total. The number of rotatable bonds is 3. The van der Waals surface area contributed by atoms with Crippen molar-refractivity contribution in [2.75, 3.05) is 14.1 Å². The lowest BCUT2D eigenvalue weighted by atomic mass is 10.5. The molecule has 0 radical (unpaired) electrons. The molecule has 116 valence electrons. The van der Waals surface area contributed by atoms with Crippen molar-refractivity contribution in [2.45, 2.75) is 6.92 Å². The Morgan fingerprint density at radius 3 is 1.90 bits per heavy atom. The van der Waals surface area contributed by atoms with Crippen molar-refractivity contribution >= 4 is 34.2 Å². The molecular formula is C7H18N8O4S. The van der Waals surface area contributed by atoms with E-state index in [1.165, 1.54) is 6.21 Å². The van der Waals surface area contributed by atoms with Gasteiger partial charge in [0.15, 0.2) is 0 Å². The number of guanidine groups is 2. The van der Waals surface area contributed by atoms with Gasteiger partial charge in [0.2, 0.25) is 11.9 Å². The molecule has 0 bridgehead atoms. The van der Waals surface area contributed by atoms with Gasteiger partial charge in [0.1, 0.15) is 0 Å². The largest absolute Gasteiger partial charge is 0.394 e. The molecule has 0 spiro atoms. The van der Waals surface area contributed by atoms with Crippen molar-refractivity contribution in [1.82, 2.24) is 10.9 Å². The van der Waals surface area contributed by atoms with Gasteiger partial charge < -0.3 is 11.5 Å². The second-order valence-electron chi connectivity index (χ2n) is 2.90. The maximum atomic E-state index is 8.74. The van der Waals surface area contributed by atoms with Gasteiger partial charge in [0.05, 0.1) is 11.9 Å². The zero-order valence-corrected chi connectivity index (χ0v) is 12.0. The number of aliphatic imine (C=N–C) groups is 2. The van der Waals surface area contributed by atoms with Crippen LogP contribution in [0, 0.1) is 0 Å². The maximum Gasteiger partial charge on any atom is 0.394 e. The van der Waals surface area contributed by atoms with Crippen LogP contribution in [0.15, 0.2) is 20.2 Å². The SMILES string of the molecule is CN=C(N)N/N=C/C(C)=N/NC(N)=NC.O=S(=O)(O)O. The van der Waals surface area contributed by atoms with Crippen LogP contribution in [0.3, 0.4) is 0 Å². The number of hydrogen-bond donors (Lipinski definition) is 6. The van der Waals surface area contributed by atoms with E-state index in [-0.39, 0.29) is 11.9 Å². The summed E-state index contributed by atoms with van der Waals surface area (Å²) >= 11 is 0. The van der Waals surface area contributed by atoms with Gasteiger partial charge in [0.25, 0.3) is 0 Å². The Morgan fingerprint density at radius 1 is 1.10 bits per heavy atom. The summed E-state index contributed by atoms with van der Waals surface area (Å²) < 4.78 is 31.6. The van der Waals surface area contributed by atoms with Crippen LogP contribution in [0.5, 0.6) is 0 Å². The molecule has 0 amide bonds. The lowest BCUT2D eigenvalue weighted by molar-refractivity contribution is 0.381. The van der Waals surface area contributed by atoms with Gasteiger partial charge in [-0.15, -0.1) is 0 Å². The molecule has 0 aliphatic carbocycles. The zero-order chi connectivity index (χ0) is 16.2. The summed E-state index contributed by atoms with van der Waals surface area (Å²) in [5.74, 6) is 0.451. The summed E-state index contributed by atoms with van der Waals surface area (Å²) in [5.41, 5.74) is 16.3. The third-order valence-corrected chi connectivity index (χ3v) is 1.26. The molecule has 12 nitrogen and oxygen atoms in total. The molecule has 0 saturated heterocycles. The summed E-state index contributed by atoms with van der Waals surface area (Å²) in [6, 6.07) is 0. The van der Waals surface area contributed by atoms with Gasteiger partial charge >= 0.3 is 10.4 Å². The minimum absolute atomic E-state index is 0.224.